The molecule has 2 aliphatic carbocycles. The van der Waals surface area contributed by atoms with Gasteiger partial charge in [0.1, 0.15) is 0 Å². The minimum absolute atomic E-state index is 0.476. The lowest BCUT2D eigenvalue weighted by atomic mass is 10.0. The van der Waals surface area contributed by atoms with Crippen LogP contribution in [0.5, 0.6) is 0 Å². The number of hydrogen-bond acceptors (Lipinski definition) is 0. The molecule has 0 aromatic heterocycles. The predicted octanol–water partition coefficient (Wildman–Crippen LogP) is 3.84. The van der Waals surface area contributed by atoms with Crippen molar-refractivity contribution >= 4 is 5.57 Å². The summed E-state index contributed by atoms with van der Waals surface area (Å²) < 4.78 is 0. The molecule has 15 heavy (non-hydrogen) atoms. The lowest BCUT2D eigenvalue weighted by Gasteiger charge is -2.02. The van der Waals surface area contributed by atoms with E-state index in [1.165, 1.54) is 22.3 Å². The Morgan fingerprint density at radius 1 is 1.13 bits per heavy atom. The molecule has 0 saturated heterocycles. The van der Waals surface area contributed by atoms with Crippen LogP contribution >= 0.6 is 0 Å². The van der Waals surface area contributed by atoms with E-state index in [4.69, 9.17) is 0 Å². The molecule has 0 amide bonds. The fourth-order valence-corrected chi connectivity index (χ4v) is 2.38. The Kier molecular flexibility index (Phi) is 1.77. The van der Waals surface area contributed by atoms with Crippen molar-refractivity contribution < 1.29 is 0 Å². The van der Waals surface area contributed by atoms with Crippen molar-refractivity contribution in [1.82, 2.24) is 0 Å². The van der Waals surface area contributed by atoms with Gasteiger partial charge >= 0.3 is 0 Å². The Labute approximate surface area is 89.9 Å². The highest BCUT2D eigenvalue weighted by Crippen LogP contribution is 2.44. The lowest BCUT2D eigenvalue weighted by Crippen LogP contribution is -1.87. The smallest absolute Gasteiger partial charge is 0.0147 e. The van der Waals surface area contributed by atoms with Crippen molar-refractivity contribution in [3.05, 3.63) is 71.0 Å². The second-order valence-corrected chi connectivity index (χ2v) is 4.00. The number of fused-ring (bicyclic) bond motifs is 3. The van der Waals surface area contributed by atoms with Gasteiger partial charge in [0.25, 0.3) is 0 Å². The van der Waals surface area contributed by atoms with Crippen LogP contribution in [0.1, 0.15) is 24.0 Å². The Bertz CT molecular complexity index is 535. The second kappa shape index (κ2) is 3.12. The molecule has 0 aliphatic heterocycles. The average Bonchev–Trinajstić information content (AvgIpc) is 2.48. The van der Waals surface area contributed by atoms with Crippen molar-refractivity contribution in [2.24, 2.45) is 0 Å². The summed E-state index contributed by atoms with van der Waals surface area (Å²) in [6.07, 6.45) is 8.31. The summed E-state index contributed by atoms with van der Waals surface area (Å²) in [7, 11) is 0. The standard InChI is InChI=1S/C15H12/c1-11-12-7-3-2-4-9-14(12)15-10-6-5-8-13(11)15/h2-6,8-11H,1H3. The van der Waals surface area contributed by atoms with Gasteiger partial charge in [-0.2, -0.15) is 0 Å². The van der Waals surface area contributed by atoms with Crippen molar-refractivity contribution in [2.75, 3.05) is 0 Å². The molecule has 0 bridgehead atoms. The highest BCUT2D eigenvalue weighted by atomic mass is 14.3. The SMILES string of the molecule is CC1C2=C=CC=CC=C2c2ccccc21. The van der Waals surface area contributed by atoms with E-state index < -0.39 is 0 Å². The van der Waals surface area contributed by atoms with E-state index in [9.17, 15) is 0 Å². The summed E-state index contributed by atoms with van der Waals surface area (Å²) in [4.78, 5) is 0. The first-order valence-electron chi connectivity index (χ1n) is 5.31. The molecule has 0 nitrogen and oxygen atoms in total. The molecule has 1 atom stereocenters. The summed E-state index contributed by atoms with van der Waals surface area (Å²) in [5.41, 5.74) is 8.83. The molecule has 3 rings (SSSR count). The maximum atomic E-state index is 3.38. The molecule has 2 aliphatic rings. The first-order valence-corrected chi connectivity index (χ1v) is 5.31. The number of allylic oxidation sites excluding steroid dienone is 5. The van der Waals surface area contributed by atoms with Gasteiger partial charge < -0.3 is 0 Å². The third-order valence-electron chi connectivity index (χ3n) is 3.15. The maximum absolute atomic E-state index is 3.38. The summed E-state index contributed by atoms with van der Waals surface area (Å²) in [5.74, 6) is 0.476. The van der Waals surface area contributed by atoms with Gasteiger partial charge in [-0.15, -0.1) is 5.73 Å². The zero-order chi connectivity index (χ0) is 10.3. The fourth-order valence-electron chi connectivity index (χ4n) is 2.38. The van der Waals surface area contributed by atoms with Crippen LogP contribution in [0.3, 0.4) is 0 Å². The van der Waals surface area contributed by atoms with Crippen molar-refractivity contribution in [3.63, 3.8) is 0 Å². The molecule has 1 aromatic rings. The molecule has 0 saturated carbocycles. The van der Waals surface area contributed by atoms with Gasteiger partial charge in [-0.3, -0.25) is 0 Å². The molecule has 1 unspecified atom stereocenters. The van der Waals surface area contributed by atoms with Crippen LogP contribution in [-0.4, -0.2) is 0 Å². The van der Waals surface area contributed by atoms with Crippen LogP contribution in [0.25, 0.3) is 5.57 Å². The topological polar surface area (TPSA) is 0 Å². The van der Waals surface area contributed by atoms with Crippen molar-refractivity contribution in [1.29, 1.82) is 0 Å². The first kappa shape index (κ1) is 8.52. The number of benzene rings is 1. The minimum Gasteiger partial charge on any atom is -0.116 e. The van der Waals surface area contributed by atoms with Crippen LogP contribution < -0.4 is 0 Å². The Morgan fingerprint density at radius 3 is 2.93 bits per heavy atom. The number of rotatable bonds is 0. The highest BCUT2D eigenvalue weighted by molar-refractivity contribution is 5.88. The molecule has 0 fully saturated rings. The molecule has 72 valence electrons. The predicted molar refractivity (Wildman–Crippen MR) is 63.6 cm³/mol. The van der Waals surface area contributed by atoms with E-state index in [0.29, 0.717) is 5.92 Å². The normalized spacial score (nSPS) is 21.5. The number of hydrogen-bond donors (Lipinski definition) is 0. The molecule has 0 heterocycles. The van der Waals surface area contributed by atoms with E-state index in [1.54, 1.807) is 0 Å². The zero-order valence-electron chi connectivity index (χ0n) is 8.70. The van der Waals surface area contributed by atoms with E-state index in [0.717, 1.165) is 0 Å². The fraction of sp³-hybridized carbons (Fsp3) is 0.133. The monoisotopic (exact) mass is 192 g/mol. The van der Waals surface area contributed by atoms with Gasteiger partial charge in [0, 0.05) is 11.5 Å². The molecular formula is C15H12. The molecule has 1 aromatic carbocycles. The Hall–Kier alpha value is -1.78. The van der Waals surface area contributed by atoms with Gasteiger partial charge in [-0.1, -0.05) is 49.4 Å². The van der Waals surface area contributed by atoms with Gasteiger partial charge in [0.2, 0.25) is 0 Å². The van der Waals surface area contributed by atoms with Gasteiger partial charge in [-0.05, 0) is 22.8 Å². The molecule has 0 spiro atoms. The van der Waals surface area contributed by atoms with Gasteiger partial charge in [0.05, 0.1) is 0 Å². The highest BCUT2D eigenvalue weighted by Gasteiger charge is 2.27. The quantitative estimate of drug-likeness (QED) is 0.548. The molecule has 0 heteroatoms. The Morgan fingerprint density at radius 2 is 2.00 bits per heavy atom. The van der Waals surface area contributed by atoms with Crippen LogP contribution in [-0.2, 0) is 0 Å². The zero-order valence-corrected chi connectivity index (χ0v) is 8.70. The van der Waals surface area contributed by atoms with Crippen LogP contribution in [0.2, 0.25) is 0 Å². The average molecular weight is 192 g/mol. The van der Waals surface area contributed by atoms with Crippen LogP contribution in [0.15, 0.2) is 59.9 Å². The van der Waals surface area contributed by atoms with E-state index in [2.05, 4.69) is 49.1 Å². The largest absolute Gasteiger partial charge is 0.116 e. The van der Waals surface area contributed by atoms with Gasteiger partial charge in [0.15, 0.2) is 0 Å². The summed E-state index contributed by atoms with van der Waals surface area (Å²) in [5, 5.41) is 0. The summed E-state index contributed by atoms with van der Waals surface area (Å²) in [6, 6.07) is 8.63. The van der Waals surface area contributed by atoms with Crippen molar-refractivity contribution in [3.8, 4) is 0 Å². The first-order chi connectivity index (χ1) is 7.38. The van der Waals surface area contributed by atoms with Crippen molar-refractivity contribution in [2.45, 2.75) is 12.8 Å². The van der Waals surface area contributed by atoms with Crippen LogP contribution in [0, 0.1) is 0 Å². The summed E-state index contributed by atoms with van der Waals surface area (Å²) in [6.45, 7) is 2.25. The lowest BCUT2D eigenvalue weighted by molar-refractivity contribution is 0.961. The molecule has 0 radical (unpaired) electrons. The second-order valence-electron chi connectivity index (χ2n) is 4.00. The van der Waals surface area contributed by atoms with E-state index in [1.807, 2.05) is 12.2 Å². The minimum atomic E-state index is 0.476. The molecular weight excluding hydrogens is 180 g/mol. The summed E-state index contributed by atoms with van der Waals surface area (Å²) >= 11 is 0. The van der Waals surface area contributed by atoms with Gasteiger partial charge in [-0.25, -0.2) is 0 Å². The van der Waals surface area contributed by atoms with E-state index in [-0.39, 0.29) is 0 Å². The third kappa shape index (κ3) is 1.16. The maximum Gasteiger partial charge on any atom is 0.0147 e. The third-order valence-corrected chi connectivity index (χ3v) is 3.15. The molecule has 0 N–H and O–H groups in total. The van der Waals surface area contributed by atoms with E-state index >= 15 is 0 Å². The van der Waals surface area contributed by atoms with Crippen LogP contribution in [0.4, 0.5) is 0 Å². The Balaban J connectivity index is 2.33.